The molecule has 1 aromatic carbocycles. The fraction of sp³-hybridized carbons (Fsp3) is 0.350. The highest BCUT2D eigenvalue weighted by molar-refractivity contribution is 5.76. The minimum Gasteiger partial charge on any atom is -0.454 e. The number of hydrogen-bond donors (Lipinski definition) is 1. The van der Waals surface area contributed by atoms with E-state index in [1.54, 1.807) is 16.9 Å². The highest BCUT2D eigenvalue weighted by Crippen LogP contribution is 2.32. The van der Waals surface area contributed by atoms with Gasteiger partial charge in [0.25, 0.3) is 5.56 Å². The summed E-state index contributed by atoms with van der Waals surface area (Å²) < 4.78 is 13.7. The normalized spacial score (nSPS) is 14.9. The van der Waals surface area contributed by atoms with Crippen LogP contribution in [0.15, 0.2) is 35.4 Å². The van der Waals surface area contributed by atoms with Gasteiger partial charge in [-0.3, -0.25) is 9.59 Å². The molecule has 0 radical (unpaired) electrons. The lowest BCUT2D eigenvalue weighted by Gasteiger charge is -2.10. The van der Waals surface area contributed by atoms with Crippen molar-refractivity contribution in [3.63, 3.8) is 0 Å². The molecule has 2 aliphatic rings. The summed E-state index contributed by atoms with van der Waals surface area (Å²) in [5, 5.41) is 7.37. The molecule has 28 heavy (non-hydrogen) atoms. The topological polar surface area (TPSA) is 86.9 Å². The molecule has 5 rings (SSSR count). The van der Waals surface area contributed by atoms with Gasteiger partial charge in [-0.05, 0) is 43.4 Å². The van der Waals surface area contributed by atoms with Crippen molar-refractivity contribution in [2.24, 2.45) is 0 Å². The second-order valence-corrected chi connectivity index (χ2v) is 7.12. The molecule has 8 nitrogen and oxygen atoms in total. The Hall–Kier alpha value is -3.29. The number of aromatic nitrogens is 3. The highest BCUT2D eigenvalue weighted by atomic mass is 16.7. The van der Waals surface area contributed by atoms with E-state index in [0.717, 1.165) is 42.5 Å². The number of aryl methyl sites for hydroxylation is 2. The van der Waals surface area contributed by atoms with Crippen LogP contribution in [0, 0.1) is 0 Å². The van der Waals surface area contributed by atoms with Crippen LogP contribution in [0.4, 0.5) is 0 Å². The van der Waals surface area contributed by atoms with Gasteiger partial charge in [-0.2, -0.15) is 5.10 Å². The van der Waals surface area contributed by atoms with Gasteiger partial charge in [0, 0.05) is 24.5 Å². The first-order valence-corrected chi connectivity index (χ1v) is 9.44. The fourth-order valence-corrected chi connectivity index (χ4v) is 3.84. The van der Waals surface area contributed by atoms with Crippen LogP contribution in [-0.2, 0) is 30.7 Å². The van der Waals surface area contributed by atoms with E-state index >= 15 is 0 Å². The first-order chi connectivity index (χ1) is 13.7. The third-order valence-corrected chi connectivity index (χ3v) is 5.27. The van der Waals surface area contributed by atoms with E-state index in [2.05, 4.69) is 10.4 Å². The van der Waals surface area contributed by atoms with Gasteiger partial charge >= 0.3 is 0 Å². The van der Waals surface area contributed by atoms with Crippen molar-refractivity contribution in [3.05, 3.63) is 57.8 Å². The number of ether oxygens (including phenoxy) is 2. The number of amides is 1. The SMILES string of the molecule is O=C(Cn1ccn2nc3c(c2c1=O)CCCC3)NCc1ccc2c(c1)OCO2. The average Bonchev–Trinajstić information content (AvgIpc) is 3.32. The van der Waals surface area contributed by atoms with Crippen molar-refractivity contribution in [1.29, 1.82) is 0 Å². The molecule has 0 atom stereocenters. The van der Waals surface area contributed by atoms with E-state index in [4.69, 9.17) is 9.47 Å². The lowest BCUT2D eigenvalue weighted by Crippen LogP contribution is -2.32. The number of carbonyl (C=O) groups excluding carboxylic acids is 1. The molecule has 1 aliphatic carbocycles. The minimum atomic E-state index is -0.225. The summed E-state index contributed by atoms with van der Waals surface area (Å²) >= 11 is 0. The summed E-state index contributed by atoms with van der Waals surface area (Å²) in [4.78, 5) is 25.3. The molecule has 1 amide bonds. The molecule has 0 bridgehead atoms. The van der Waals surface area contributed by atoms with E-state index in [-0.39, 0.29) is 24.8 Å². The Labute approximate surface area is 160 Å². The molecule has 144 valence electrons. The van der Waals surface area contributed by atoms with Gasteiger partial charge in [0.15, 0.2) is 11.5 Å². The average molecular weight is 380 g/mol. The molecule has 0 saturated heterocycles. The van der Waals surface area contributed by atoms with Crippen molar-refractivity contribution in [2.75, 3.05) is 6.79 Å². The zero-order valence-electron chi connectivity index (χ0n) is 15.3. The number of nitrogens with zero attached hydrogens (tertiary/aromatic N) is 3. The molecule has 3 aromatic rings. The van der Waals surface area contributed by atoms with Crippen LogP contribution in [-0.4, -0.2) is 26.9 Å². The lowest BCUT2D eigenvalue weighted by molar-refractivity contribution is -0.121. The van der Waals surface area contributed by atoms with Crippen LogP contribution >= 0.6 is 0 Å². The van der Waals surface area contributed by atoms with Crippen molar-refractivity contribution >= 4 is 11.4 Å². The summed E-state index contributed by atoms with van der Waals surface area (Å²) in [6, 6.07) is 5.55. The van der Waals surface area contributed by atoms with Crippen molar-refractivity contribution in [3.8, 4) is 11.5 Å². The van der Waals surface area contributed by atoms with Crippen LogP contribution in [0.3, 0.4) is 0 Å². The summed E-state index contributed by atoms with van der Waals surface area (Å²) in [5.41, 5.74) is 3.38. The van der Waals surface area contributed by atoms with Crippen LogP contribution in [0.25, 0.3) is 5.52 Å². The molecule has 2 aromatic heterocycles. The summed E-state index contributed by atoms with van der Waals surface area (Å²) in [5.74, 6) is 1.16. The Morgan fingerprint density at radius 1 is 1.14 bits per heavy atom. The van der Waals surface area contributed by atoms with Gasteiger partial charge in [-0.15, -0.1) is 0 Å². The van der Waals surface area contributed by atoms with Crippen LogP contribution in [0.2, 0.25) is 0 Å². The Bertz CT molecular complexity index is 1130. The van der Waals surface area contributed by atoms with Gasteiger partial charge in [0.2, 0.25) is 12.7 Å². The molecule has 0 fully saturated rings. The second kappa shape index (κ2) is 6.70. The van der Waals surface area contributed by atoms with E-state index in [0.29, 0.717) is 23.6 Å². The summed E-state index contributed by atoms with van der Waals surface area (Å²) in [7, 11) is 0. The molecular weight excluding hydrogens is 360 g/mol. The third kappa shape index (κ3) is 2.90. The maximum atomic E-state index is 12.9. The van der Waals surface area contributed by atoms with Crippen molar-refractivity contribution in [2.45, 2.75) is 38.8 Å². The van der Waals surface area contributed by atoms with E-state index in [1.807, 2.05) is 18.2 Å². The number of rotatable bonds is 4. The van der Waals surface area contributed by atoms with Crippen LogP contribution in [0.1, 0.15) is 29.7 Å². The summed E-state index contributed by atoms with van der Waals surface area (Å²) in [6.45, 7) is 0.545. The zero-order valence-corrected chi connectivity index (χ0v) is 15.3. The first kappa shape index (κ1) is 16.9. The van der Waals surface area contributed by atoms with Crippen molar-refractivity contribution in [1.82, 2.24) is 19.5 Å². The smallest absolute Gasteiger partial charge is 0.277 e. The maximum Gasteiger partial charge on any atom is 0.277 e. The largest absolute Gasteiger partial charge is 0.454 e. The van der Waals surface area contributed by atoms with Gasteiger partial charge in [-0.1, -0.05) is 6.07 Å². The number of fused-ring (bicyclic) bond motifs is 4. The van der Waals surface area contributed by atoms with E-state index < -0.39 is 0 Å². The van der Waals surface area contributed by atoms with Crippen LogP contribution in [0.5, 0.6) is 11.5 Å². The molecule has 0 saturated carbocycles. The lowest BCUT2D eigenvalue weighted by atomic mass is 9.97. The Balaban J connectivity index is 1.31. The highest BCUT2D eigenvalue weighted by Gasteiger charge is 2.20. The predicted octanol–water partition coefficient (Wildman–Crippen LogP) is 1.42. The quantitative estimate of drug-likeness (QED) is 0.740. The number of nitrogens with one attached hydrogen (secondary N) is 1. The fourth-order valence-electron chi connectivity index (χ4n) is 3.84. The number of carbonyl (C=O) groups is 1. The van der Waals surface area contributed by atoms with Crippen LogP contribution < -0.4 is 20.3 Å². The number of benzene rings is 1. The predicted molar refractivity (Wildman–Crippen MR) is 101 cm³/mol. The monoisotopic (exact) mass is 380 g/mol. The van der Waals surface area contributed by atoms with Gasteiger partial charge < -0.3 is 19.4 Å². The minimum absolute atomic E-state index is 0.0279. The molecule has 8 heteroatoms. The van der Waals surface area contributed by atoms with E-state index in [1.165, 1.54) is 4.57 Å². The number of hydrogen-bond acceptors (Lipinski definition) is 5. The Morgan fingerprint density at radius 3 is 2.93 bits per heavy atom. The maximum absolute atomic E-state index is 12.9. The summed E-state index contributed by atoms with van der Waals surface area (Å²) in [6.07, 6.45) is 7.32. The van der Waals surface area contributed by atoms with Gasteiger partial charge in [0.1, 0.15) is 12.1 Å². The standard InChI is InChI=1S/C20H20N4O4/c25-18(21-10-13-5-6-16-17(9-13)28-12-27-16)11-23-7-8-24-19(20(23)26)14-3-1-2-4-15(14)22-24/h5-9H,1-4,10-12H2,(H,21,25). The van der Waals surface area contributed by atoms with Gasteiger partial charge in [0.05, 0.1) is 5.69 Å². The Morgan fingerprint density at radius 2 is 2.00 bits per heavy atom. The molecule has 0 spiro atoms. The second-order valence-electron chi connectivity index (χ2n) is 7.12. The molecule has 0 unspecified atom stereocenters. The first-order valence-electron chi connectivity index (χ1n) is 9.44. The zero-order chi connectivity index (χ0) is 19.1. The molecule has 1 N–H and O–H groups in total. The molecular formula is C20H20N4O4. The Kier molecular flexibility index (Phi) is 4.03. The van der Waals surface area contributed by atoms with Gasteiger partial charge in [-0.25, -0.2) is 4.52 Å². The van der Waals surface area contributed by atoms with Crippen molar-refractivity contribution < 1.29 is 14.3 Å². The van der Waals surface area contributed by atoms with E-state index in [9.17, 15) is 9.59 Å². The molecule has 1 aliphatic heterocycles. The molecule has 3 heterocycles. The third-order valence-electron chi connectivity index (χ3n) is 5.27.